The second-order valence-electron chi connectivity index (χ2n) is 9.72. The molecule has 1 aliphatic carbocycles. The number of nitrogens with one attached hydrogen (secondary N) is 3. The standard InChI is InChI=1S/C25H40N4O3S/c1-7-32-23(30)12-18(6)20-10-11-22(29(14-16(2)3)15-17(4)5)21(13-20)26-25(33)28-27-24(31)19-8-9-19/h10-11,13,16-19H,7-9,12,14-15H2,1-6H3,(H,27,31)(H2,26,28,33). The molecule has 184 valence electrons. The van der Waals surface area contributed by atoms with Crippen molar-refractivity contribution in [2.75, 3.05) is 29.9 Å². The minimum Gasteiger partial charge on any atom is -0.466 e. The highest BCUT2D eigenvalue weighted by Gasteiger charge is 2.29. The Balaban J connectivity index is 2.26. The molecular formula is C25H40N4O3S. The van der Waals surface area contributed by atoms with E-state index in [1.54, 1.807) is 0 Å². The number of ether oxygens (including phenoxy) is 1. The lowest BCUT2D eigenvalue weighted by Crippen LogP contribution is -2.44. The molecule has 1 aromatic rings. The lowest BCUT2D eigenvalue weighted by atomic mass is 9.96. The van der Waals surface area contributed by atoms with Crippen molar-refractivity contribution in [2.45, 2.75) is 66.7 Å². The first kappa shape index (κ1) is 26.9. The van der Waals surface area contributed by atoms with Crippen LogP contribution in [0.4, 0.5) is 11.4 Å². The van der Waals surface area contributed by atoms with Crippen LogP contribution in [-0.4, -0.2) is 36.7 Å². The Hall–Kier alpha value is -2.35. The summed E-state index contributed by atoms with van der Waals surface area (Å²) in [4.78, 5) is 26.3. The van der Waals surface area contributed by atoms with Gasteiger partial charge in [-0.2, -0.15) is 0 Å². The number of rotatable bonds is 11. The summed E-state index contributed by atoms with van der Waals surface area (Å²) < 4.78 is 5.12. The fourth-order valence-electron chi connectivity index (χ4n) is 3.70. The maximum atomic E-state index is 12.0. The average molecular weight is 477 g/mol. The van der Waals surface area contributed by atoms with E-state index >= 15 is 0 Å². The molecule has 1 unspecified atom stereocenters. The third-order valence-electron chi connectivity index (χ3n) is 5.38. The zero-order valence-electron chi connectivity index (χ0n) is 20.9. The van der Waals surface area contributed by atoms with E-state index in [1.807, 2.05) is 19.9 Å². The smallest absolute Gasteiger partial charge is 0.306 e. The zero-order chi connectivity index (χ0) is 24.5. The van der Waals surface area contributed by atoms with Crippen molar-refractivity contribution in [3.63, 3.8) is 0 Å². The van der Waals surface area contributed by atoms with Gasteiger partial charge in [0, 0.05) is 19.0 Å². The predicted molar refractivity (Wildman–Crippen MR) is 138 cm³/mol. The second-order valence-corrected chi connectivity index (χ2v) is 10.1. The van der Waals surface area contributed by atoms with Gasteiger partial charge in [0.2, 0.25) is 5.91 Å². The van der Waals surface area contributed by atoms with Gasteiger partial charge in [-0.25, -0.2) is 0 Å². The number of nitrogens with zero attached hydrogens (tertiary/aromatic N) is 1. The van der Waals surface area contributed by atoms with Crippen molar-refractivity contribution < 1.29 is 14.3 Å². The van der Waals surface area contributed by atoms with Crippen LogP contribution in [-0.2, 0) is 14.3 Å². The molecule has 0 bridgehead atoms. The van der Waals surface area contributed by atoms with E-state index in [0.29, 0.717) is 30.0 Å². The molecule has 7 nitrogen and oxygen atoms in total. The number of hydrogen-bond donors (Lipinski definition) is 3. The van der Waals surface area contributed by atoms with Gasteiger partial charge in [0.25, 0.3) is 0 Å². The number of hydrogen-bond acceptors (Lipinski definition) is 5. The third-order valence-corrected chi connectivity index (χ3v) is 5.58. The highest BCUT2D eigenvalue weighted by atomic mass is 32.1. The molecular weight excluding hydrogens is 436 g/mol. The number of carbonyl (C=O) groups is 2. The first-order valence-electron chi connectivity index (χ1n) is 12.0. The second kappa shape index (κ2) is 12.8. The van der Waals surface area contributed by atoms with Gasteiger partial charge in [-0.15, -0.1) is 0 Å². The summed E-state index contributed by atoms with van der Waals surface area (Å²) >= 11 is 5.47. The van der Waals surface area contributed by atoms with Crippen LogP contribution in [0.5, 0.6) is 0 Å². The van der Waals surface area contributed by atoms with Gasteiger partial charge >= 0.3 is 5.97 Å². The van der Waals surface area contributed by atoms with Gasteiger partial charge in [-0.1, -0.05) is 40.7 Å². The Labute approximate surface area is 204 Å². The molecule has 0 spiro atoms. The predicted octanol–water partition coefficient (Wildman–Crippen LogP) is 4.59. The van der Waals surface area contributed by atoms with Crippen molar-refractivity contribution in [1.29, 1.82) is 0 Å². The number of thiocarbonyl (C=S) groups is 1. The lowest BCUT2D eigenvalue weighted by molar-refractivity contribution is -0.143. The maximum Gasteiger partial charge on any atom is 0.306 e. The average Bonchev–Trinajstić information content (AvgIpc) is 3.56. The van der Waals surface area contributed by atoms with Gasteiger partial charge in [-0.3, -0.25) is 20.4 Å². The highest BCUT2D eigenvalue weighted by molar-refractivity contribution is 7.80. The summed E-state index contributed by atoms with van der Waals surface area (Å²) in [6, 6.07) is 6.21. The molecule has 1 aromatic carbocycles. The van der Waals surface area contributed by atoms with Crippen LogP contribution < -0.4 is 21.1 Å². The van der Waals surface area contributed by atoms with Gasteiger partial charge < -0.3 is 15.0 Å². The molecule has 0 radical (unpaired) electrons. The number of anilines is 2. The molecule has 3 N–H and O–H groups in total. The maximum absolute atomic E-state index is 12.0. The van der Waals surface area contributed by atoms with E-state index in [4.69, 9.17) is 17.0 Å². The van der Waals surface area contributed by atoms with E-state index in [0.717, 1.165) is 42.9 Å². The van der Waals surface area contributed by atoms with Crippen molar-refractivity contribution >= 4 is 40.6 Å². The monoisotopic (exact) mass is 476 g/mol. The molecule has 0 aliphatic heterocycles. The molecule has 0 aromatic heterocycles. The van der Waals surface area contributed by atoms with Gasteiger partial charge in [0.15, 0.2) is 5.11 Å². The summed E-state index contributed by atoms with van der Waals surface area (Å²) in [5.41, 5.74) is 8.43. The highest BCUT2D eigenvalue weighted by Crippen LogP contribution is 2.32. The number of carbonyl (C=O) groups excluding carboxylic acids is 2. The molecule has 2 rings (SSSR count). The Bertz CT molecular complexity index is 814. The van der Waals surface area contributed by atoms with Gasteiger partial charge in [-0.05, 0) is 67.4 Å². The van der Waals surface area contributed by atoms with E-state index in [-0.39, 0.29) is 23.7 Å². The van der Waals surface area contributed by atoms with E-state index in [9.17, 15) is 9.59 Å². The van der Waals surface area contributed by atoms with Crippen LogP contribution in [0, 0.1) is 17.8 Å². The molecule has 1 aliphatic rings. The first-order chi connectivity index (χ1) is 15.6. The van der Waals surface area contributed by atoms with Crippen LogP contribution in [0.15, 0.2) is 18.2 Å². The van der Waals surface area contributed by atoms with Crippen molar-refractivity contribution in [2.24, 2.45) is 17.8 Å². The molecule has 1 saturated carbocycles. The topological polar surface area (TPSA) is 82.7 Å². The Morgan fingerprint density at radius 2 is 1.73 bits per heavy atom. The normalized spacial score (nSPS) is 14.1. The molecule has 1 amide bonds. The van der Waals surface area contributed by atoms with E-state index in [2.05, 4.69) is 60.9 Å². The summed E-state index contributed by atoms with van der Waals surface area (Å²) in [6.45, 7) is 14.8. The first-order valence-corrected chi connectivity index (χ1v) is 12.4. The number of amides is 1. The summed E-state index contributed by atoms with van der Waals surface area (Å²) in [6.07, 6.45) is 2.17. The largest absolute Gasteiger partial charge is 0.466 e. The summed E-state index contributed by atoms with van der Waals surface area (Å²) in [7, 11) is 0. The molecule has 33 heavy (non-hydrogen) atoms. The van der Waals surface area contributed by atoms with Crippen LogP contribution in [0.3, 0.4) is 0 Å². The molecule has 1 atom stereocenters. The minimum atomic E-state index is -0.204. The molecule has 0 saturated heterocycles. The van der Waals surface area contributed by atoms with Crippen molar-refractivity contribution in [3.05, 3.63) is 23.8 Å². The fourth-order valence-corrected chi connectivity index (χ4v) is 3.86. The van der Waals surface area contributed by atoms with Crippen molar-refractivity contribution in [1.82, 2.24) is 10.9 Å². The van der Waals surface area contributed by atoms with E-state index in [1.165, 1.54) is 0 Å². The Morgan fingerprint density at radius 1 is 1.09 bits per heavy atom. The molecule has 8 heteroatoms. The lowest BCUT2D eigenvalue weighted by Gasteiger charge is -2.31. The van der Waals surface area contributed by atoms with Crippen LogP contribution in [0.2, 0.25) is 0 Å². The number of benzene rings is 1. The van der Waals surface area contributed by atoms with Gasteiger partial charge in [0.05, 0.1) is 24.4 Å². The Kier molecular flexibility index (Phi) is 10.4. The zero-order valence-corrected chi connectivity index (χ0v) is 21.7. The summed E-state index contributed by atoms with van der Waals surface area (Å²) in [5.74, 6) is 0.833. The SMILES string of the molecule is CCOC(=O)CC(C)c1ccc(N(CC(C)C)CC(C)C)c(NC(=S)NNC(=O)C2CC2)c1. The number of esters is 1. The fraction of sp³-hybridized carbons (Fsp3) is 0.640. The quantitative estimate of drug-likeness (QED) is 0.245. The van der Waals surface area contributed by atoms with E-state index < -0.39 is 0 Å². The van der Waals surface area contributed by atoms with Gasteiger partial charge in [0.1, 0.15) is 0 Å². The van der Waals surface area contributed by atoms with Crippen LogP contribution >= 0.6 is 12.2 Å². The number of hydrazine groups is 1. The third kappa shape index (κ3) is 9.20. The minimum absolute atomic E-state index is 0.00148. The van der Waals surface area contributed by atoms with Crippen LogP contribution in [0.1, 0.15) is 72.3 Å². The van der Waals surface area contributed by atoms with Crippen LogP contribution in [0.25, 0.3) is 0 Å². The Morgan fingerprint density at radius 3 is 2.27 bits per heavy atom. The van der Waals surface area contributed by atoms with Crippen molar-refractivity contribution in [3.8, 4) is 0 Å². The summed E-state index contributed by atoms with van der Waals surface area (Å²) in [5, 5.41) is 3.60. The molecule has 1 fully saturated rings. The molecule has 0 heterocycles.